The Morgan fingerprint density at radius 3 is 1.23 bits per heavy atom. The van der Waals surface area contributed by atoms with E-state index in [1.807, 2.05) is 0 Å². The maximum absolute atomic E-state index is 13.4. The van der Waals surface area contributed by atoms with E-state index in [0.29, 0.717) is 0 Å². The average Bonchev–Trinajstić information content (AvgIpc) is 2.31. The van der Waals surface area contributed by atoms with Crippen molar-refractivity contribution < 1.29 is 62.6 Å². The number of hydrogen-bond acceptors (Lipinski definition) is 2. The van der Waals surface area contributed by atoms with Crippen molar-refractivity contribution in [1.29, 1.82) is 0 Å². The molecule has 1 heterocycles. The van der Waals surface area contributed by atoms with Crippen LogP contribution >= 0.6 is 0 Å². The van der Waals surface area contributed by atoms with Gasteiger partial charge in [0.05, 0.1) is 0 Å². The molecule has 0 unspecified atom stereocenters. The molecule has 0 aliphatic carbocycles. The first-order valence-corrected chi connectivity index (χ1v) is 4.62. The Balaban J connectivity index is 3.82. The minimum atomic E-state index is -7.19. The molecule has 1 rings (SSSR count). The Kier molecular flexibility index (Phi) is 3.48. The molecule has 1 aliphatic rings. The van der Waals surface area contributed by atoms with E-state index in [0.717, 1.165) is 0 Å². The standard InChI is InChI=1S/C7HF12NO2/c8-2(1(21)22,5(13,14)15)20-6(16,17)3(9,10)4(11,12)7(20,18)19/h(H,21,22)/t2-/m1/s1. The molecule has 1 aliphatic heterocycles. The van der Waals surface area contributed by atoms with Gasteiger partial charge < -0.3 is 5.11 Å². The second-order valence-electron chi connectivity index (χ2n) is 3.99. The third kappa shape index (κ3) is 1.68. The van der Waals surface area contributed by atoms with Crippen LogP contribution in [0, 0.1) is 0 Å². The van der Waals surface area contributed by atoms with E-state index >= 15 is 0 Å². The van der Waals surface area contributed by atoms with Crippen molar-refractivity contribution in [2.45, 2.75) is 35.9 Å². The Bertz CT molecular complexity index is 472. The Morgan fingerprint density at radius 2 is 1.05 bits per heavy atom. The third-order valence-electron chi connectivity index (χ3n) is 2.68. The summed E-state index contributed by atoms with van der Waals surface area (Å²) in [7, 11) is 0. The predicted octanol–water partition coefficient (Wildman–Crippen LogP) is 3.07. The van der Waals surface area contributed by atoms with Gasteiger partial charge in [0.15, 0.2) is 0 Å². The van der Waals surface area contributed by atoms with Crippen LogP contribution in [-0.2, 0) is 4.79 Å². The minimum absolute atomic E-state index is 3.67. The lowest BCUT2D eigenvalue weighted by atomic mass is 10.2. The predicted molar refractivity (Wildman–Crippen MR) is 39.2 cm³/mol. The van der Waals surface area contributed by atoms with E-state index in [1.165, 1.54) is 0 Å². The van der Waals surface area contributed by atoms with Crippen molar-refractivity contribution >= 4 is 5.97 Å². The number of carboxylic acid groups (broad SMARTS) is 1. The highest BCUT2D eigenvalue weighted by Gasteiger charge is 2.98. The van der Waals surface area contributed by atoms with E-state index in [9.17, 15) is 57.5 Å². The molecule has 3 nitrogen and oxygen atoms in total. The molecular formula is C7HF12NO2. The zero-order chi connectivity index (χ0) is 18.2. The summed E-state index contributed by atoms with van der Waals surface area (Å²) in [6.07, 6.45) is -7.18. The van der Waals surface area contributed by atoms with Crippen molar-refractivity contribution in [3.8, 4) is 0 Å². The molecule has 1 fully saturated rings. The summed E-state index contributed by atoms with van der Waals surface area (Å²) in [5, 5.41) is 7.94. The second kappa shape index (κ2) is 4.11. The zero-order valence-electron chi connectivity index (χ0n) is 9.34. The molecule has 0 aromatic heterocycles. The second-order valence-corrected chi connectivity index (χ2v) is 3.99. The number of carboxylic acids is 1. The van der Waals surface area contributed by atoms with Crippen LogP contribution in [0.2, 0.25) is 0 Å². The molecule has 0 bridgehead atoms. The number of hydrogen-bond donors (Lipinski definition) is 1. The molecule has 1 N–H and O–H groups in total. The Hall–Kier alpha value is -1.41. The van der Waals surface area contributed by atoms with Gasteiger partial charge in [-0.3, -0.25) is 0 Å². The summed E-state index contributed by atoms with van der Waals surface area (Å²) in [5.74, 6) is -25.5. The highest BCUT2D eigenvalue weighted by Crippen LogP contribution is 2.66. The summed E-state index contributed by atoms with van der Waals surface area (Å²) in [5.41, 5.74) is 0. The van der Waals surface area contributed by atoms with Crippen LogP contribution in [0.4, 0.5) is 52.7 Å². The van der Waals surface area contributed by atoms with Crippen molar-refractivity contribution in [2.24, 2.45) is 0 Å². The fraction of sp³-hybridized carbons (Fsp3) is 0.857. The average molecular weight is 359 g/mol. The zero-order valence-corrected chi connectivity index (χ0v) is 9.34. The van der Waals surface area contributed by atoms with Gasteiger partial charge in [-0.1, -0.05) is 0 Å². The van der Waals surface area contributed by atoms with Crippen molar-refractivity contribution in [1.82, 2.24) is 4.90 Å². The maximum atomic E-state index is 13.4. The van der Waals surface area contributed by atoms with Crippen LogP contribution < -0.4 is 0 Å². The molecule has 130 valence electrons. The first kappa shape index (κ1) is 18.6. The molecule has 0 spiro atoms. The Labute approximate surface area is 111 Å². The summed E-state index contributed by atoms with van der Waals surface area (Å²) < 4.78 is 153. The van der Waals surface area contributed by atoms with Crippen LogP contribution in [0.1, 0.15) is 0 Å². The number of nitrogens with zero attached hydrogens (tertiary/aromatic N) is 1. The van der Waals surface area contributed by atoms with E-state index in [1.54, 1.807) is 0 Å². The number of rotatable bonds is 2. The van der Waals surface area contributed by atoms with E-state index in [4.69, 9.17) is 5.11 Å². The lowest BCUT2D eigenvalue weighted by molar-refractivity contribution is -0.383. The lowest BCUT2D eigenvalue weighted by Gasteiger charge is -2.37. The number of halogens is 12. The number of carbonyl (C=O) groups is 1. The molecule has 0 saturated carbocycles. The quantitative estimate of drug-likeness (QED) is 0.609. The van der Waals surface area contributed by atoms with Gasteiger partial charge in [0, 0.05) is 0 Å². The molecule has 0 aromatic rings. The van der Waals surface area contributed by atoms with E-state index in [-0.39, 0.29) is 0 Å². The van der Waals surface area contributed by atoms with Gasteiger partial charge >= 0.3 is 41.9 Å². The first-order valence-electron chi connectivity index (χ1n) is 4.62. The smallest absolute Gasteiger partial charge is 0.448 e. The normalized spacial score (nSPS) is 29.1. The first-order chi connectivity index (χ1) is 9.31. The van der Waals surface area contributed by atoms with E-state index in [2.05, 4.69) is 0 Å². The van der Waals surface area contributed by atoms with Crippen LogP contribution in [0.3, 0.4) is 0 Å². The third-order valence-corrected chi connectivity index (χ3v) is 2.68. The highest BCUT2D eigenvalue weighted by atomic mass is 19.4. The lowest BCUT2D eigenvalue weighted by Crippen LogP contribution is -2.69. The van der Waals surface area contributed by atoms with Gasteiger partial charge in [0.1, 0.15) is 0 Å². The van der Waals surface area contributed by atoms with Gasteiger partial charge in [-0.05, 0) is 0 Å². The molecule has 0 aromatic carbocycles. The van der Waals surface area contributed by atoms with Gasteiger partial charge in [-0.2, -0.15) is 48.3 Å². The molecule has 22 heavy (non-hydrogen) atoms. The fourth-order valence-electron chi connectivity index (χ4n) is 1.57. The molecule has 1 atom stereocenters. The van der Waals surface area contributed by atoms with E-state index < -0.39 is 46.8 Å². The summed E-state index contributed by atoms with van der Waals surface area (Å²) in [4.78, 5) is 6.49. The molecular weight excluding hydrogens is 358 g/mol. The SMILES string of the molecule is O=C(O)[C@@](F)(N1C(F)(F)C(F)(F)C(F)(F)C1(F)F)C(F)(F)F. The summed E-state index contributed by atoms with van der Waals surface area (Å²) >= 11 is 0. The minimum Gasteiger partial charge on any atom is -0.478 e. The van der Waals surface area contributed by atoms with Crippen LogP contribution in [-0.4, -0.2) is 51.9 Å². The van der Waals surface area contributed by atoms with Crippen LogP contribution in [0.25, 0.3) is 0 Å². The molecule has 0 radical (unpaired) electrons. The summed E-state index contributed by atoms with van der Waals surface area (Å²) in [6.45, 7) is 0. The van der Waals surface area contributed by atoms with Crippen molar-refractivity contribution in [2.75, 3.05) is 0 Å². The monoisotopic (exact) mass is 359 g/mol. The van der Waals surface area contributed by atoms with Crippen molar-refractivity contribution in [3.63, 3.8) is 0 Å². The number of likely N-dealkylation sites (tertiary alicyclic amines) is 1. The van der Waals surface area contributed by atoms with Crippen LogP contribution in [0.5, 0.6) is 0 Å². The molecule has 1 saturated heterocycles. The number of alkyl halides is 12. The van der Waals surface area contributed by atoms with Crippen LogP contribution in [0.15, 0.2) is 0 Å². The fourth-order valence-corrected chi connectivity index (χ4v) is 1.57. The highest BCUT2D eigenvalue weighted by molar-refractivity contribution is 5.78. The van der Waals surface area contributed by atoms with Crippen molar-refractivity contribution in [3.05, 3.63) is 0 Å². The topological polar surface area (TPSA) is 40.5 Å². The number of aliphatic carboxylic acids is 1. The Morgan fingerprint density at radius 1 is 0.773 bits per heavy atom. The largest absolute Gasteiger partial charge is 0.478 e. The summed E-state index contributed by atoms with van der Waals surface area (Å²) in [6, 6.07) is -14.4. The van der Waals surface area contributed by atoms with Gasteiger partial charge in [0.25, 0.3) is 0 Å². The maximum Gasteiger partial charge on any atom is 0.448 e. The van der Waals surface area contributed by atoms with Gasteiger partial charge in [-0.15, -0.1) is 4.90 Å². The molecule has 15 heteroatoms. The van der Waals surface area contributed by atoms with Gasteiger partial charge in [0.2, 0.25) is 0 Å². The van der Waals surface area contributed by atoms with Gasteiger partial charge in [-0.25, -0.2) is 9.18 Å². The molecule has 0 amide bonds.